The lowest BCUT2D eigenvalue weighted by Crippen LogP contribution is -2.90. The largest absolute Gasteiger partial charge is 0.446 e. The summed E-state index contributed by atoms with van der Waals surface area (Å²) in [5.74, 6) is 0.831. The van der Waals surface area contributed by atoms with E-state index in [1.807, 2.05) is 4.58 Å². The summed E-state index contributed by atoms with van der Waals surface area (Å²) in [5.41, 5.74) is 11.3. The number of ether oxygens (including phenoxy) is 1. The number of carbonyl (C=O) groups is 1. The lowest BCUT2D eigenvalue weighted by Gasteiger charge is -2.37. The zero-order valence-corrected chi connectivity index (χ0v) is 14.8. The van der Waals surface area contributed by atoms with Crippen molar-refractivity contribution in [3.05, 3.63) is 0 Å². The van der Waals surface area contributed by atoms with Crippen LogP contribution in [0.15, 0.2) is 0 Å². The molecular formula is C16H29N7O3+2. The Labute approximate surface area is 152 Å². The van der Waals surface area contributed by atoms with Gasteiger partial charge in [0.1, 0.15) is 18.8 Å². The number of aliphatic hydroxyl groups excluding tert-OH is 1. The van der Waals surface area contributed by atoms with Gasteiger partial charge in [-0.25, -0.2) is 14.7 Å². The molecule has 10 heteroatoms. The average molecular weight is 367 g/mol. The van der Waals surface area contributed by atoms with Crippen LogP contribution in [0.1, 0.15) is 38.5 Å². The Hall–Kier alpha value is -2.23. The molecule has 0 aromatic heterocycles. The molecule has 1 spiro atoms. The minimum absolute atomic E-state index is 0.119. The predicted octanol–water partition coefficient (Wildman–Crippen LogP) is -3.83. The molecule has 0 radical (unpaired) electrons. The lowest BCUT2D eigenvalue weighted by molar-refractivity contribution is -0.660. The molecule has 4 aliphatic rings. The second-order valence-electron chi connectivity index (χ2n) is 7.66. The van der Waals surface area contributed by atoms with Crippen LogP contribution in [0, 0.1) is 0 Å². The fraction of sp³-hybridized carbons (Fsp3) is 0.812. The van der Waals surface area contributed by atoms with Crippen LogP contribution in [0.25, 0.3) is 0 Å². The van der Waals surface area contributed by atoms with Crippen LogP contribution >= 0.6 is 0 Å². The maximum absolute atomic E-state index is 12.2. The first-order valence-corrected chi connectivity index (χ1v) is 9.46. The third-order valence-corrected chi connectivity index (χ3v) is 6.05. The van der Waals surface area contributed by atoms with Gasteiger partial charge in [-0.1, -0.05) is 19.3 Å². The summed E-state index contributed by atoms with van der Waals surface area (Å²) in [6.07, 6.45) is 5.05. The van der Waals surface area contributed by atoms with Gasteiger partial charge in [-0.3, -0.25) is 21.8 Å². The van der Waals surface area contributed by atoms with Gasteiger partial charge in [0.15, 0.2) is 6.04 Å². The third-order valence-electron chi connectivity index (χ3n) is 6.05. The SMILES string of the molecule is NC1=[NH+][C@H]2[C@H](COC(=O)NC3CCCCC3)NC(N)=[N+]3CC[C@H](O)[C@]23N1. The summed E-state index contributed by atoms with van der Waals surface area (Å²) in [7, 11) is 0. The van der Waals surface area contributed by atoms with Crippen LogP contribution in [0.5, 0.6) is 0 Å². The van der Waals surface area contributed by atoms with E-state index >= 15 is 0 Å². The minimum atomic E-state index is -0.812. The number of hydrogen-bond acceptors (Lipinski definition) is 7. The Morgan fingerprint density at radius 1 is 1.35 bits per heavy atom. The molecule has 3 aliphatic heterocycles. The van der Waals surface area contributed by atoms with Crippen molar-refractivity contribution in [2.75, 3.05) is 13.2 Å². The van der Waals surface area contributed by atoms with Crippen LogP contribution in [0.3, 0.4) is 0 Å². The van der Waals surface area contributed by atoms with Crippen LogP contribution < -0.4 is 32.4 Å². The number of nitrogens with two attached hydrogens (primary N) is 2. The number of hydrogen-bond donors (Lipinski definition) is 7. The highest BCUT2D eigenvalue weighted by Crippen LogP contribution is 2.30. The van der Waals surface area contributed by atoms with E-state index in [0.29, 0.717) is 24.9 Å². The van der Waals surface area contributed by atoms with Crippen molar-refractivity contribution in [2.24, 2.45) is 11.5 Å². The van der Waals surface area contributed by atoms with Gasteiger partial charge in [0.05, 0.1) is 6.54 Å². The molecule has 1 aliphatic carbocycles. The standard InChI is InChI=1S/C16H27N7O3/c17-13-21-12-10(8-26-15(25)19-9-4-2-1-3-5-9)20-14(18)23-7-6-11(24)16(12,23)22-13/h9-12,24H,1-8H2,(H6,17,18,19,20,21,22,25)/p+2/t10-,11-,12-,16+/m0/s1. The Bertz CT molecular complexity index is 646. The second kappa shape index (κ2) is 6.49. The molecule has 10 nitrogen and oxygen atoms in total. The van der Waals surface area contributed by atoms with E-state index in [-0.39, 0.29) is 24.7 Å². The van der Waals surface area contributed by atoms with E-state index < -0.39 is 17.9 Å². The molecule has 2 fully saturated rings. The molecule has 0 aromatic rings. The molecule has 0 aromatic carbocycles. The molecular weight excluding hydrogens is 338 g/mol. The monoisotopic (exact) mass is 367 g/mol. The number of carbonyl (C=O) groups excluding carboxylic acids is 1. The minimum Gasteiger partial charge on any atom is -0.446 e. The number of guanidine groups is 2. The van der Waals surface area contributed by atoms with Gasteiger partial charge < -0.3 is 15.2 Å². The molecule has 0 unspecified atom stereocenters. The average Bonchev–Trinajstić information content (AvgIpc) is 3.14. The van der Waals surface area contributed by atoms with E-state index in [1.54, 1.807) is 0 Å². The zero-order chi connectivity index (χ0) is 18.3. The number of nitrogens with zero attached hydrogens (tertiary/aromatic N) is 1. The lowest BCUT2D eigenvalue weighted by atomic mass is 9.89. The van der Waals surface area contributed by atoms with Crippen LogP contribution in [0.4, 0.5) is 4.79 Å². The maximum atomic E-state index is 12.2. The third kappa shape index (κ3) is 2.72. The van der Waals surface area contributed by atoms with Gasteiger partial charge in [-0.05, 0) is 12.8 Å². The van der Waals surface area contributed by atoms with Crippen molar-refractivity contribution < 1.29 is 24.2 Å². The smallest absolute Gasteiger partial charge is 0.407 e. The normalized spacial score (nSPS) is 36.5. The maximum Gasteiger partial charge on any atom is 0.407 e. The molecule has 144 valence electrons. The first-order valence-electron chi connectivity index (χ1n) is 9.46. The second-order valence-corrected chi connectivity index (χ2v) is 7.66. The highest BCUT2D eigenvalue weighted by Gasteiger charge is 2.67. The van der Waals surface area contributed by atoms with Gasteiger partial charge in [-0.15, -0.1) is 0 Å². The number of nitrogens with one attached hydrogen (secondary N) is 4. The molecule has 0 bridgehead atoms. The van der Waals surface area contributed by atoms with Gasteiger partial charge in [0.25, 0.3) is 5.66 Å². The summed E-state index contributed by atoms with van der Waals surface area (Å²) in [6, 6.07) is -0.402. The predicted molar refractivity (Wildman–Crippen MR) is 93.0 cm³/mol. The molecule has 1 amide bonds. The van der Waals surface area contributed by atoms with Crippen LogP contribution in [0.2, 0.25) is 0 Å². The fourth-order valence-corrected chi connectivity index (χ4v) is 4.81. The summed E-state index contributed by atoms with van der Waals surface area (Å²) in [6.45, 7) is 0.738. The van der Waals surface area contributed by atoms with Crippen molar-refractivity contribution in [2.45, 2.75) is 68.4 Å². The quantitative estimate of drug-likeness (QED) is 0.252. The Kier molecular flexibility index (Phi) is 4.29. The van der Waals surface area contributed by atoms with Crippen molar-refractivity contribution >= 4 is 18.0 Å². The Balaban J connectivity index is 1.43. The van der Waals surface area contributed by atoms with Crippen molar-refractivity contribution in [3.8, 4) is 0 Å². The summed E-state index contributed by atoms with van der Waals surface area (Å²) < 4.78 is 7.35. The zero-order valence-electron chi connectivity index (χ0n) is 14.8. The van der Waals surface area contributed by atoms with E-state index in [0.717, 1.165) is 25.7 Å². The fourth-order valence-electron chi connectivity index (χ4n) is 4.81. The van der Waals surface area contributed by atoms with Crippen LogP contribution in [-0.4, -0.2) is 70.7 Å². The van der Waals surface area contributed by atoms with Gasteiger partial charge in [0.2, 0.25) is 0 Å². The van der Waals surface area contributed by atoms with Crippen LogP contribution in [-0.2, 0) is 4.74 Å². The van der Waals surface area contributed by atoms with Crippen molar-refractivity contribution in [1.29, 1.82) is 0 Å². The molecule has 1 saturated carbocycles. The summed E-state index contributed by atoms with van der Waals surface area (Å²) >= 11 is 0. The molecule has 1 saturated heterocycles. The number of aliphatic hydroxyl groups is 1. The highest BCUT2D eigenvalue weighted by atomic mass is 16.5. The van der Waals surface area contributed by atoms with Crippen molar-refractivity contribution in [3.63, 3.8) is 0 Å². The highest BCUT2D eigenvalue weighted by molar-refractivity contribution is 5.78. The van der Waals surface area contributed by atoms with Gasteiger partial charge >= 0.3 is 18.0 Å². The number of amides is 1. The van der Waals surface area contributed by atoms with Gasteiger partial charge in [0, 0.05) is 12.5 Å². The number of rotatable bonds is 3. The first kappa shape index (κ1) is 17.2. The Morgan fingerprint density at radius 3 is 2.88 bits per heavy atom. The van der Waals surface area contributed by atoms with Crippen molar-refractivity contribution in [1.82, 2.24) is 16.0 Å². The Morgan fingerprint density at radius 2 is 2.12 bits per heavy atom. The first-order chi connectivity index (χ1) is 12.5. The molecule has 4 atom stereocenters. The topological polar surface area (TPSA) is 152 Å². The molecule has 4 rings (SSSR count). The van der Waals surface area contributed by atoms with Gasteiger partial charge in [-0.2, -0.15) is 0 Å². The molecule has 9 N–H and O–H groups in total. The number of alkyl carbamates (subject to hydrolysis) is 1. The summed E-state index contributed by atoms with van der Waals surface area (Å²) in [4.78, 5) is 15.3. The van der Waals surface area contributed by atoms with E-state index in [9.17, 15) is 9.90 Å². The molecule has 3 heterocycles. The molecule has 26 heavy (non-hydrogen) atoms. The van der Waals surface area contributed by atoms with E-state index in [1.165, 1.54) is 6.42 Å². The van der Waals surface area contributed by atoms with E-state index in [4.69, 9.17) is 16.2 Å². The van der Waals surface area contributed by atoms with E-state index in [2.05, 4.69) is 20.9 Å². The summed E-state index contributed by atoms with van der Waals surface area (Å²) in [5, 5.41) is 19.9.